The number of benzene rings is 1. The molecular formula is C19H22N4O2. The molecule has 1 fully saturated rings. The Morgan fingerprint density at radius 3 is 2.60 bits per heavy atom. The molecule has 130 valence electrons. The summed E-state index contributed by atoms with van der Waals surface area (Å²) in [4.78, 5) is 23.9. The average molecular weight is 338 g/mol. The maximum atomic E-state index is 12.4. The first kappa shape index (κ1) is 17.2. The van der Waals surface area contributed by atoms with E-state index in [1.54, 1.807) is 0 Å². The highest BCUT2D eigenvalue weighted by atomic mass is 16.5. The molecule has 1 aromatic heterocycles. The SMILES string of the molecule is CCCCOC(=O)C(C#N)c1nc2ccccc2nc1N1CCCC1. The summed E-state index contributed by atoms with van der Waals surface area (Å²) in [6.07, 6.45) is 3.86. The van der Waals surface area contributed by atoms with Gasteiger partial charge in [0.15, 0.2) is 11.7 Å². The molecular weight excluding hydrogens is 316 g/mol. The monoisotopic (exact) mass is 338 g/mol. The second-order valence-electron chi connectivity index (χ2n) is 6.20. The van der Waals surface area contributed by atoms with Gasteiger partial charge in [0.25, 0.3) is 0 Å². The minimum atomic E-state index is -1.05. The number of aromatic nitrogens is 2. The van der Waals surface area contributed by atoms with Crippen molar-refractivity contribution in [1.29, 1.82) is 5.26 Å². The van der Waals surface area contributed by atoms with Crippen LogP contribution in [0.3, 0.4) is 0 Å². The first-order valence-electron chi connectivity index (χ1n) is 8.82. The number of anilines is 1. The van der Waals surface area contributed by atoms with Crippen LogP contribution >= 0.6 is 0 Å². The Kier molecular flexibility index (Phi) is 5.44. The Morgan fingerprint density at radius 1 is 1.28 bits per heavy atom. The number of hydrogen-bond donors (Lipinski definition) is 0. The number of esters is 1. The zero-order valence-corrected chi connectivity index (χ0v) is 14.4. The maximum Gasteiger partial charge on any atom is 0.329 e. The normalized spacial score (nSPS) is 15.1. The molecule has 0 aliphatic carbocycles. The molecule has 2 heterocycles. The van der Waals surface area contributed by atoms with Gasteiger partial charge >= 0.3 is 5.97 Å². The number of unbranched alkanes of at least 4 members (excludes halogenated alkanes) is 1. The smallest absolute Gasteiger partial charge is 0.329 e. The van der Waals surface area contributed by atoms with Gasteiger partial charge in [-0.05, 0) is 31.4 Å². The summed E-state index contributed by atoms with van der Waals surface area (Å²) in [5, 5.41) is 9.61. The third-order valence-corrected chi connectivity index (χ3v) is 4.36. The Bertz CT molecular complexity index is 794. The highest BCUT2D eigenvalue weighted by Gasteiger charge is 2.30. The Hall–Kier alpha value is -2.68. The van der Waals surface area contributed by atoms with Crippen molar-refractivity contribution in [1.82, 2.24) is 9.97 Å². The van der Waals surface area contributed by atoms with Crippen molar-refractivity contribution in [2.45, 2.75) is 38.5 Å². The van der Waals surface area contributed by atoms with Gasteiger partial charge in [0, 0.05) is 13.1 Å². The van der Waals surface area contributed by atoms with Crippen LogP contribution in [0, 0.1) is 11.3 Å². The van der Waals surface area contributed by atoms with Crippen molar-refractivity contribution in [3.8, 4) is 6.07 Å². The Labute approximate surface area is 147 Å². The van der Waals surface area contributed by atoms with E-state index in [9.17, 15) is 10.1 Å². The van der Waals surface area contributed by atoms with E-state index in [1.807, 2.05) is 31.2 Å². The van der Waals surface area contributed by atoms with Crippen LogP contribution in [-0.2, 0) is 9.53 Å². The van der Waals surface area contributed by atoms with Gasteiger partial charge in [-0.1, -0.05) is 25.5 Å². The van der Waals surface area contributed by atoms with Crippen LogP contribution in [0.2, 0.25) is 0 Å². The molecule has 0 radical (unpaired) electrons. The standard InChI is InChI=1S/C19H22N4O2/c1-2-3-12-25-19(24)14(13-20)17-18(23-10-6-7-11-23)22-16-9-5-4-8-15(16)21-17/h4-5,8-9,14H,2-3,6-7,10-12H2,1H3. The van der Waals surface area contributed by atoms with E-state index >= 15 is 0 Å². The van der Waals surface area contributed by atoms with Gasteiger partial charge in [-0.15, -0.1) is 0 Å². The minimum absolute atomic E-state index is 0.327. The van der Waals surface area contributed by atoms with Crippen LogP contribution in [0.25, 0.3) is 11.0 Å². The highest BCUT2D eigenvalue weighted by Crippen LogP contribution is 2.30. The summed E-state index contributed by atoms with van der Waals surface area (Å²) in [7, 11) is 0. The topological polar surface area (TPSA) is 79.1 Å². The van der Waals surface area contributed by atoms with E-state index in [0.717, 1.165) is 44.3 Å². The first-order valence-corrected chi connectivity index (χ1v) is 8.82. The molecule has 0 saturated carbocycles. The van der Waals surface area contributed by atoms with Crippen LogP contribution in [0.15, 0.2) is 24.3 Å². The minimum Gasteiger partial charge on any atom is -0.464 e. The number of fused-ring (bicyclic) bond motifs is 1. The Balaban J connectivity index is 2.00. The van der Waals surface area contributed by atoms with E-state index in [-0.39, 0.29) is 0 Å². The van der Waals surface area contributed by atoms with E-state index < -0.39 is 11.9 Å². The van der Waals surface area contributed by atoms with Crippen molar-refractivity contribution >= 4 is 22.8 Å². The molecule has 0 amide bonds. The number of hydrogen-bond acceptors (Lipinski definition) is 6. The molecule has 1 atom stereocenters. The summed E-state index contributed by atoms with van der Waals surface area (Å²) in [6, 6.07) is 9.59. The van der Waals surface area contributed by atoms with Crippen LogP contribution < -0.4 is 4.90 Å². The van der Waals surface area contributed by atoms with E-state index in [4.69, 9.17) is 9.72 Å². The third kappa shape index (κ3) is 3.71. The second-order valence-corrected chi connectivity index (χ2v) is 6.20. The molecule has 25 heavy (non-hydrogen) atoms. The third-order valence-electron chi connectivity index (χ3n) is 4.36. The van der Waals surface area contributed by atoms with Crippen molar-refractivity contribution < 1.29 is 9.53 Å². The maximum absolute atomic E-state index is 12.4. The quantitative estimate of drug-likeness (QED) is 0.594. The molecule has 6 heteroatoms. The largest absolute Gasteiger partial charge is 0.464 e. The van der Waals surface area contributed by atoms with Crippen molar-refractivity contribution in [2.75, 3.05) is 24.6 Å². The molecule has 0 spiro atoms. The fourth-order valence-corrected chi connectivity index (χ4v) is 2.99. The van der Waals surface area contributed by atoms with E-state index in [1.165, 1.54) is 0 Å². The highest BCUT2D eigenvalue weighted by molar-refractivity contribution is 5.85. The van der Waals surface area contributed by atoms with Crippen LogP contribution in [0.1, 0.15) is 44.2 Å². The predicted molar refractivity (Wildman–Crippen MR) is 95.2 cm³/mol. The fraction of sp³-hybridized carbons (Fsp3) is 0.474. The van der Waals surface area contributed by atoms with Gasteiger partial charge in [0.2, 0.25) is 0 Å². The van der Waals surface area contributed by atoms with Gasteiger partial charge in [-0.3, -0.25) is 4.79 Å². The molecule has 0 N–H and O–H groups in total. The predicted octanol–water partition coefficient (Wildman–Crippen LogP) is 3.18. The number of para-hydroxylation sites is 2. The van der Waals surface area contributed by atoms with Crippen molar-refractivity contribution in [3.63, 3.8) is 0 Å². The summed E-state index contributed by atoms with van der Waals surface area (Å²) >= 11 is 0. The summed E-state index contributed by atoms with van der Waals surface area (Å²) in [5.74, 6) is -0.958. The van der Waals surface area contributed by atoms with Crippen molar-refractivity contribution in [2.24, 2.45) is 0 Å². The second kappa shape index (κ2) is 7.93. The lowest BCUT2D eigenvalue weighted by Gasteiger charge is -2.21. The first-order chi connectivity index (χ1) is 12.2. The summed E-state index contributed by atoms with van der Waals surface area (Å²) in [6.45, 7) is 4.08. The fourth-order valence-electron chi connectivity index (χ4n) is 2.99. The molecule has 1 aliphatic rings. The van der Waals surface area contributed by atoms with Gasteiger partial charge in [-0.25, -0.2) is 9.97 Å². The van der Waals surface area contributed by atoms with Gasteiger partial charge in [-0.2, -0.15) is 5.26 Å². The van der Waals surface area contributed by atoms with Crippen molar-refractivity contribution in [3.05, 3.63) is 30.0 Å². The van der Waals surface area contributed by atoms with Gasteiger partial charge in [0.05, 0.1) is 23.7 Å². The van der Waals surface area contributed by atoms with Crippen LogP contribution in [0.5, 0.6) is 0 Å². The lowest BCUT2D eigenvalue weighted by atomic mass is 10.1. The summed E-state index contributed by atoms with van der Waals surface area (Å²) < 4.78 is 5.27. The van der Waals surface area contributed by atoms with Crippen LogP contribution in [0.4, 0.5) is 5.82 Å². The average Bonchev–Trinajstić information content (AvgIpc) is 3.16. The molecule has 6 nitrogen and oxygen atoms in total. The van der Waals surface area contributed by atoms with Gasteiger partial charge in [0.1, 0.15) is 5.69 Å². The number of nitrogens with zero attached hydrogens (tertiary/aromatic N) is 4. The lowest BCUT2D eigenvalue weighted by molar-refractivity contribution is -0.144. The van der Waals surface area contributed by atoms with Crippen LogP contribution in [-0.4, -0.2) is 35.6 Å². The molecule has 3 rings (SSSR count). The molecule has 1 unspecified atom stereocenters. The number of ether oxygens (including phenoxy) is 1. The van der Waals surface area contributed by atoms with Gasteiger partial charge < -0.3 is 9.64 Å². The molecule has 1 aliphatic heterocycles. The zero-order chi connectivity index (χ0) is 17.6. The Morgan fingerprint density at radius 2 is 1.96 bits per heavy atom. The van der Waals surface area contributed by atoms with E-state index in [0.29, 0.717) is 23.6 Å². The zero-order valence-electron chi connectivity index (χ0n) is 14.4. The number of rotatable bonds is 6. The molecule has 1 saturated heterocycles. The summed E-state index contributed by atoms with van der Waals surface area (Å²) in [5.41, 5.74) is 1.86. The lowest BCUT2D eigenvalue weighted by Crippen LogP contribution is -2.25. The number of carbonyl (C=O) groups excluding carboxylic acids is 1. The molecule has 1 aromatic carbocycles. The molecule has 0 bridgehead atoms. The number of carbonyl (C=O) groups is 1. The number of nitriles is 1. The molecule has 2 aromatic rings. The van der Waals surface area contributed by atoms with E-state index in [2.05, 4.69) is 16.0 Å².